The first-order valence-corrected chi connectivity index (χ1v) is 10.8. The molecule has 1 atom stereocenters. The second-order valence-corrected chi connectivity index (χ2v) is 8.23. The smallest absolute Gasteiger partial charge is 0.262 e. The molecule has 7 heteroatoms. The fourth-order valence-electron chi connectivity index (χ4n) is 3.37. The molecule has 0 aliphatic carbocycles. The van der Waals surface area contributed by atoms with Crippen molar-refractivity contribution in [3.05, 3.63) is 89.7 Å². The SMILES string of the molecule is Cc1ccc(F)c(N2C(=O)CSC2c2cccc(NC(=O)COc3ccccc3)c2)c1. The number of hydrogen-bond acceptors (Lipinski definition) is 4. The van der Waals surface area contributed by atoms with Crippen LogP contribution in [0.3, 0.4) is 0 Å². The lowest BCUT2D eigenvalue weighted by molar-refractivity contribution is -0.118. The van der Waals surface area contributed by atoms with E-state index in [1.165, 1.54) is 22.7 Å². The molecule has 0 radical (unpaired) electrons. The van der Waals surface area contributed by atoms with Gasteiger partial charge in [0.2, 0.25) is 5.91 Å². The summed E-state index contributed by atoms with van der Waals surface area (Å²) in [6.07, 6.45) is 0. The number of nitrogens with one attached hydrogen (secondary N) is 1. The Bertz CT molecular complexity index is 1110. The molecule has 158 valence electrons. The van der Waals surface area contributed by atoms with E-state index in [-0.39, 0.29) is 35.2 Å². The van der Waals surface area contributed by atoms with Crippen molar-refractivity contribution in [1.29, 1.82) is 0 Å². The lowest BCUT2D eigenvalue weighted by Crippen LogP contribution is -2.29. The quantitative estimate of drug-likeness (QED) is 0.595. The van der Waals surface area contributed by atoms with Crippen LogP contribution in [0.5, 0.6) is 5.75 Å². The highest BCUT2D eigenvalue weighted by Crippen LogP contribution is 2.43. The third kappa shape index (κ3) is 4.88. The van der Waals surface area contributed by atoms with Gasteiger partial charge in [-0.05, 0) is 54.4 Å². The van der Waals surface area contributed by atoms with Crippen molar-refractivity contribution in [2.75, 3.05) is 22.6 Å². The number of amides is 2. The third-order valence-electron chi connectivity index (χ3n) is 4.80. The molecule has 3 aromatic rings. The minimum Gasteiger partial charge on any atom is -0.484 e. The second kappa shape index (κ2) is 9.22. The highest BCUT2D eigenvalue weighted by Gasteiger charge is 2.35. The molecule has 1 N–H and O–H groups in total. The van der Waals surface area contributed by atoms with E-state index in [9.17, 15) is 14.0 Å². The van der Waals surface area contributed by atoms with Crippen LogP contribution in [0.1, 0.15) is 16.5 Å². The van der Waals surface area contributed by atoms with Crippen molar-refractivity contribution in [2.24, 2.45) is 0 Å². The van der Waals surface area contributed by atoms with Gasteiger partial charge in [-0.3, -0.25) is 14.5 Å². The van der Waals surface area contributed by atoms with Crippen molar-refractivity contribution in [3.8, 4) is 5.75 Å². The summed E-state index contributed by atoms with van der Waals surface area (Å²) in [5, 5.41) is 2.44. The van der Waals surface area contributed by atoms with Gasteiger partial charge in [-0.1, -0.05) is 36.4 Å². The number of rotatable bonds is 6. The van der Waals surface area contributed by atoms with Crippen LogP contribution in [0.15, 0.2) is 72.8 Å². The van der Waals surface area contributed by atoms with Crippen molar-refractivity contribution in [3.63, 3.8) is 0 Å². The monoisotopic (exact) mass is 436 g/mol. The molecule has 1 fully saturated rings. The molecule has 1 aliphatic heterocycles. The number of hydrogen-bond donors (Lipinski definition) is 1. The predicted octanol–water partition coefficient (Wildman–Crippen LogP) is 4.93. The van der Waals surface area contributed by atoms with Crippen LogP contribution in [0.2, 0.25) is 0 Å². The normalized spacial score (nSPS) is 15.7. The molecule has 0 spiro atoms. The van der Waals surface area contributed by atoms with Gasteiger partial charge in [0.25, 0.3) is 5.91 Å². The highest BCUT2D eigenvalue weighted by molar-refractivity contribution is 8.00. The van der Waals surface area contributed by atoms with Crippen LogP contribution in [0.25, 0.3) is 0 Å². The standard InChI is InChI=1S/C24H21FN2O3S/c1-16-10-11-20(25)21(12-16)27-23(29)15-31-24(27)17-6-5-7-18(13-17)26-22(28)14-30-19-8-3-2-4-9-19/h2-13,24H,14-15H2,1H3,(H,26,28). The van der Waals surface area contributed by atoms with Gasteiger partial charge in [0.05, 0.1) is 11.4 Å². The number of nitrogens with zero attached hydrogens (tertiary/aromatic N) is 1. The van der Waals surface area contributed by atoms with Gasteiger partial charge in [-0.25, -0.2) is 4.39 Å². The van der Waals surface area contributed by atoms with Gasteiger partial charge in [0, 0.05) is 5.69 Å². The summed E-state index contributed by atoms with van der Waals surface area (Å²) in [5.74, 6) is -0.000447. The number of carbonyl (C=O) groups is 2. The fraction of sp³-hybridized carbons (Fsp3) is 0.167. The number of ether oxygens (including phenoxy) is 1. The zero-order chi connectivity index (χ0) is 21.8. The van der Waals surface area contributed by atoms with Crippen LogP contribution >= 0.6 is 11.8 Å². The van der Waals surface area contributed by atoms with Crippen molar-refractivity contribution >= 4 is 35.0 Å². The summed E-state index contributed by atoms with van der Waals surface area (Å²) in [5.41, 5.74) is 2.53. The summed E-state index contributed by atoms with van der Waals surface area (Å²) in [6, 6.07) is 21.1. The summed E-state index contributed by atoms with van der Waals surface area (Å²) >= 11 is 1.43. The lowest BCUT2D eigenvalue weighted by atomic mass is 10.1. The van der Waals surface area contributed by atoms with E-state index >= 15 is 0 Å². The number of anilines is 2. The van der Waals surface area contributed by atoms with Gasteiger partial charge in [-0.2, -0.15) is 0 Å². The summed E-state index contributed by atoms with van der Waals surface area (Å²) in [7, 11) is 0. The zero-order valence-electron chi connectivity index (χ0n) is 16.9. The average molecular weight is 437 g/mol. The molecular formula is C24H21FN2O3S. The Labute approximate surface area is 184 Å². The van der Waals surface area contributed by atoms with Crippen LogP contribution < -0.4 is 15.0 Å². The molecule has 2 amide bonds. The summed E-state index contributed by atoms with van der Waals surface area (Å²) < 4.78 is 20.0. The average Bonchev–Trinajstić information content (AvgIpc) is 3.16. The molecule has 0 aromatic heterocycles. The number of halogens is 1. The number of carbonyl (C=O) groups excluding carboxylic acids is 2. The molecular weight excluding hydrogens is 415 g/mol. The predicted molar refractivity (Wildman–Crippen MR) is 121 cm³/mol. The number of aryl methyl sites for hydroxylation is 1. The molecule has 5 nitrogen and oxygen atoms in total. The Morgan fingerprint density at radius 2 is 1.94 bits per heavy atom. The molecule has 0 saturated carbocycles. The molecule has 1 heterocycles. The Kier molecular flexibility index (Phi) is 6.23. The Morgan fingerprint density at radius 1 is 1.13 bits per heavy atom. The minimum atomic E-state index is -0.436. The van der Waals surface area contributed by atoms with Crippen molar-refractivity contribution in [2.45, 2.75) is 12.3 Å². The molecule has 1 saturated heterocycles. The van der Waals surface area contributed by atoms with E-state index in [2.05, 4.69) is 5.32 Å². The Balaban J connectivity index is 1.50. The summed E-state index contributed by atoms with van der Waals surface area (Å²) in [6.45, 7) is 1.74. The summed E-state index contributed by atoms with van der Waals surface area (Å²) in [4.78, 5) is 26.3. The van der Waals surface area contributed by atoms with Gasteiger partial charge in [0.1, 0.15) is 16.9 Å². The largest absolute Gasteiger partial charge is 0.484 e. The van der Waals surface area contributed by atoms with Crippen molar-refractivity contribution in [1.82, 2.24) is 0 Å². The van der Waals surface area contributed by atoms with E-state index in [1.807, 2.05) is 31.2 Å². The van der Waals surface area contributed by atoms with Crippen LogP contribution in [0, 0.1) is 12.7 Å². The van der Waals surface area contributed by atoms with E-state index in [0.717, 1.165) is 11.1 Å². The Morgan fingerprint density at radius 3 is 2.74 bits per heavy atom. The minimum absolute atomic E-state index is 0.120. The molecule has 3 aromatic carbocycles. The lowest BCUT2D eigenvalue weighted by Gasteiger charge is -2.25. The first-order chi connectivity index (χ1) is 15.0. The molecule has 31 heavy (non-hydrogen) atoms. The first kappa shape index (κ1) is 20.9. The fourth-order valence-corrected chi connectivity index (χ4v) is 4.53. The van der Waals surface area contributed by atoms with Crippen molar-refractivity contribution < 1.29 is 18.7 Å². The number of benzene rings is 3. The molecule has 4 rings (SSSR count). The van der Waals surface area contributed by atoms with Gasteiger partial charge in [-0.15, -0.1) is 11.8 Å². The highest BCUT2D eigenvalue weighted by atomic mass is 32.2. The van der Waals surface area contributed by atoms with Gasteiger partial charge < -0.3 is 10.1 Å². The number of thioether (sulfide) groups is 1. The molecule has 1 unspecified atom stereocenters. The first-order valence-electron chi connectivity index (χ1n) is 9.79. The molecule has 1 aliphatic rings. The zero-order valence-corrected chi connectivity index (χ0v) is 17.7. The maximum absolute atomic E-state index is 14.5. The van der Waals surface area contributed by atoms with Gasteiger partial charge in [0.15, 0.2) is 6.61 Å². The second-order valence-electron chi connectivity index (χ2n) is 7.16. The maximum atomic E-state index is 14.5. The van der Waals surface area contributed by atoms with E-state index in [1.54, 1.807) is 42.5 Å². The van der Waals surface area contributed by atoms with E-state index in [0.29, 0.717) is 11.4 Å². The maximum Gasteiger partial charge on any atom is 0.262 e. The van der Waals surface area contributed by atoms with E-state index in [4.69, 9.17) is 4.74 Å². The Hall–Kier alpha value is -3.32. The van der Waals surface area contributed by atoms with Crippen LogP contribution in [-0.2, 0) is 9.59 Å². The molecule has 0 bridgehead atoms. The third-order valence-corrected chi connectivity index (χ3v) is 6.01. The topological polar surface area (TPSA) is 58.6 Å². The van der Waals surface area contributed by atoms with Crippen LogP contribution in [-0.4, -0.2) is 24.2 Å². The number of para-hydroxylation sites is 1. The van der Waals surface area contributed by atoms with Gasteiger partial charge >= 0.3 is 0 Å². The van der Waals surface area contributed by atoms with Crippen LogP contribution in [0.4, 0.5) is 15.8 Å². The van der Waals surface area contributed by atoms with E-state index < -0.39 is 5.82 Å².